The fourth-order valence-electron chi connectivity index (χ4n) is 2.59. The summed E-state index contributed by atoms with van der Waals surface area (Å²) in [6.07, 6.45) is 3.90. The zero-order valence-electron chi connectivity index (χ0n) is 11.9. The van der Waals surface area contributed by atoms with Crippen molar-refractivity contribution in [2.75, 3.05) is 6.26 Å². The number of carbonyl (C=O) groups is 2. The fourth-order valence-corrected chi connectivity index (χ4v) is 3.24. The summed E-state index contributed by atoms with van der Waals surface area (Å²) in [6, 6.07) is 6.98. The minimum absolute atomic E-state index is 0.0442. The SMILES string of the molecule is CS(=O)Cc1cccc(C(=O)NC2(CC(=O)O)CCC2)c1. The van der Waals surface area contributed by atoms with Crippen LogP contribution in [0.25, 0.3) is 0 Å². The number of nitrogens with one attached hydrogen (secondary N) is 1. The van der Waals surface area contributed by atoms with Gasteiger partial charge in [-0.3, -0.25) is 13.8 Å². The van der Waals surface area contributed by atoms with Gasteiger partial charge in [-0.1, -0.05) is 12.1 Å². The van der Waals surface area contributed by atoms with E-state index >= 15 is 0 Å². The third-order valence-corrected chi connectivity index (χ3v) is 4.48. The summed E-state index contributed by atoms with van der Waals surface area (Å²) in [5.41, 5.74) is 0.714. The van der Waals surface area contributed by atoms with Crippen LogP contribution in [0.2, 0.25) is 0 Å². The zero-order chi connectivity index (χ0) is 15.5. The lowest BCUT2D eigenvalue weighted by molar-refractivity contribution is -0.139. The minimum atomic E-state index is -0.965. The predicted molar refractivity (Wildman–Crippen MR) is 80.5 cm³/mol. The van der Waals surface area contributed by atoms with E-state index in [1.54, 1.807) is 24.5 Å². The van der Waals surface area contributed by atoms with Crippen molar-refractivity contribution < 1.29 is 18.9 Å². The van der Waals surface area contributed by atoms with Crippen molar-refractivity contribution in [3.05, 3.63) is 35.4 Å². The molecule has 1 saturated carbocycles. The summed E-state index contributed by atoms with van der Waals surface area (Å²) in [5, 5.41) is 11.8. The number of rotatable bonds is 6. The minimum Gasteiger partial charge on any atom is -0.481 e. The molecule has 2 N–H and O–H groups in total. The number of amides is 1. The molecule has 1 aliphatic rings. The topological polar surface area (TPSA) is 83.5 Å². The molecule has 6 heteroatoms. The van der Waals surface area contributed by atoms with Gasteiger partial charge in [0.2, 0.25) is 0 Å². The summed E-state index contributed by atoms with van der Waals surface area (Å²) in [4.78, 5) is 23.2. The maximum Gasteiger partial charge on any atom is 0.305 e. The van der Waals surface area contributed by atoms with Crippen molar-refractivity contribution in [3.8, 4) is 0 Å². The summed E-state index contributed by atoms with van der Waals surface area (Å²) in [7, 11) is -0.965. The molecule has 1 unspecified atom stereocenters. The molecule has 21 heavy (non-hydrogen) atoms. The maximum atomic E-state index is 12.3. The normalized spacial score (nSPS) is 17.6. The van der Waals surface area contributed by atoms with Gasteiger partial charge in [0.25, 0.3) is 5.91 Å². The van der Waals surface area contributed by atoms with Gasteiger partial charge in [0.15, 0.2) is 0 Å². The first-order chi connectivity index (χ1) is 9.90. The molecule has 2 rings (SSSR count). The van der Waals surface area contributed by atoms with Gasteiger partial charge in [-0.15, -0.1) is 0 Å². The molecule has 0 spiro atoms. The molecule has 0 aromatic heterocycles. The molecule has 0 bridgehead atoms. The molecule has 1 amide bonds. The van der Waals surface area contributed by atoms with Gasteiger partial charge < -0.3 is 10.4 Å². The lowest BCUT2D eigenvalue weighted by Crippen LogP contribution is -2.54. The molecule has 1 atom stereocenters. The van der Waals surface area contributed by atoms with Crippen LogP contribution in [0, 0.1) is 0 Å². The van der Waals surface area contributed by atoms with Crippen LogP contribution in [0.15, 0.2) is 24.3 Å². The zero-order valence-corrected chi connectivity index (χ0v) is 12.7. The molecule has 0 radical (unpaired) electrons. The molecule has 1 aromatic rings. The Hall–Kier alpha value is -1.69. The van der Waals surface area contributed by atoms with E-state index in [2.05, 4.69) is 5.32 Å². The van der Waals surface area contributed by atoms with Crippen LogP contribution in [-0.4, -0.2) is 33.0 Å². The van der Waals surface area contributed by atoms with Crippen LogP contribution < -0.4 is 5.32 Å². The molecule has 5 nitrogen and oxygen atoms in total. The van der Waals surface area contributed by atoms with Crippen LogP contribution in [-0.2, 0) is 21.3 Å². The maximum absolute atomic E-state index is 12.3. The number of carboxylic acid groups (broad SMARTS) is 1. The summed E-state index contributed by atoms with van der Waals surface area (Å²) in [5.74, 6) is -0.758. The fraction of sp³-hybridized carbons (Fsp3) is 0.467. The summed E-state index contributed by atoms with van der Waals surface area (Å²) in [6.45, 7) is 0. The monoisotopic (exact) mass is 309 g/mol. The van der Waals surface area contributed by atoms with E-state index in [1.807, 2.05) is 6.07 Å². The first-order valence-electron chi connectivity index (χ1n) is 6.83. The van der Waals surface area contributed by atoms with Crippen molar-refractivity contribution in [1.29, 1.82) is 0 Å². The van der Waals surface area contributed by atoms with E-state index in [0.717, 1.165) is 12.0 Å². The second-order valence-electron chi connectivity index (χ2n) is 5.58. The molecular formula is C15H19NO4S. The number of hydrogen-bond donors (Lipinski definition) is 2. The van der Waals surface area contributed by atoms with E-state index in [0.29, 0.717) is 24.2 Å². The van der Waals surface area contributed by atoms with Gasteiger partial charge in [0.1, 0.15) is 0 Å². The van der Waals surface area contributed by atoms with Crippen molar-refractivity contribution in [1.82, 2.24) is 5.32 Å². The number of carboxylic acids is 1. The van der Waals surface area contributed by atoms with E-state index in [9.17, 15) is 13.8 Å². The highest BCUT2D eigenvalue weighted by atomic mass is 32.2. The van der Waals surface area contributed by atoms with Crippen LogP contribution in [0.5, 0.6) is 0 Å². The van der Waals surface area contributed by atoms with Crippen molar-refractivity contribution in [2.24, 2.45) is 0 Å². The largest absolute Gasteiger partial charge is 0.481 e. The van der Waals surface area contributed by atoms with E-state index in [1.165, 1.54) is 0 Å². The highest BCUT2D eigenvalue weighted by Gasteiger charge is 2.40. The standard InChI is InChI=1S/C15H19NO4S/c1-21(20)10-11-4-2-5-12(8-11)14(19)16-15(6-3-7-15)9-13(17)18/h2,4-5,8H,3,6-7,9-10H2,1H3,(H,16,19)(H,17,18). The smallest absolute Gasteiger partial charge is 0.305 e. The quantitative estimate of drug-likeness (QED) is 0.837. The molecule has 0 aliphatic heterocycles. The Balaban J connectivity index is 2.09. The van der Waals surface area contributed by atoms with Gasteiger partial charge in [0.05, 0.1) is 12.0 Å². The molecule has 114 valence electrons. The average Bonchev–Trinajstić information content (AvgIpc) is 2.35. The number of benzene rings is 1. The van der Waals surface area contributed by atoms with Crippen LogP contribution >= 0.6 is 0 Å². The molecule has 1 aliphatic carbocycles. The lowest BCUT2D eigenvalue weighted by atomic mass is 9.74. The second-order valence-corrected chi connectivity index (χ2v) is 7.01. The van der Waals surface area contributed by atoms with E-state index in [4.69, 9.17) is 5.11 Å². The average molecular weight is 309 g/mol. The van der Waals surface area contributed by atoms with Gasteiger partial charge in [-0.05, 0) is 37.0 Å². The predicted octanol–water partition coefficient (Wildman–Crippen LogP) is 1.69. The van der Waals surface area contributed by atoms with Crippen LogP contribution in [0.4, 0.5) is 0 Å². The molecular weight excluding hydrogens is 290 g/mol. The Morgan fingerprint density at radius 2 is 2.10 bits per heavy atom. The Morgan fingerprint density at radius 3 is 2.62 bits per heavy atom. The molecule has 1 aromatic carbocycles. The summed E-state index contributed by atoms with van der Waals surface area (Å²) >= 11 is 0. The molecule has 0 saturated heterocycles. The van der Waals surface area contributed by atoms with Crippen molar-refractivity contribution >= 4 is 22.7 Å². The number of carbonyl (C=O) groups excluding carboxylic acids is 1. The Morgan fingerprint density at radius 1 is 1.38 bits per heavy atom. The number of hydrogen-bond acceptors (Lipinski definition) is 3. The highest BCUT2D eigenvalue weighted by Crippen LogP contribution is 2.35. The Labute approximate surface area is 126 Å². The van der Waals surface area contributed by atoms with Crippen molar-refractivity contribution in [3.63, 3.8) is 0 Å². The third kappa shape index (κ3) is 4.14. The first kappa shape index (κ1) is 15.7. The Bertz CT molecular complexity index is 581. The van der Waals surface area contributed by atoms with Gasteiger partial charge in [-0.25, -0.2) is 0 Å². The summed E-state index contributed by atoms with van der Waals surface area (Å²) < 4.78 is 11.2. The van der Waals surface area contributed by atoms with Crippen molar-refractivity contribution in [2.45, 2.75) is 37.0 Å². The highest BCUT2D eigenvalue weighted by molar-refractivity contribution is 7.83. The van der Waals surface area contributed by atoms with Gasteiger partial charge >= 0.3 is 5.97 Å². The van der Waals surface area contributed by atoms with Crippen LogP contribution in [0.3, 0.4) is 0 Å². The van der Waals surface area contributed by atoms with Gasteiger partial charge in [0, 0.05) is 28.4 Å². The molecule has 0 heterocycles. The first-order valence-corrected chi connectivity index (χ1v) is 8.56. The van der Waals surface area contributed by atoms with Crippen LogP contribution in [0.1, 0.15) is 41.6 Å². The molecule has 1 fully saturated rings. The van der Waals surface area contributed by atoms with E-state index < -0.39 is 22.3 Å². The second kappa shape index (κ2) is 6.39. The van der Waals surface area contributed by atoms with Gasteiger partial charge in [-0.2, -0.15) is 0 Å². The third-order valence-electron chi connectivity index (χ3n) is 3.74. The van der Waals surface area contributed by atoms with E-state index in [-0.39, 0.29) is 12.3 Å². The number of aliphatic carboxylic acids is 1. The lowest BCUT2D eigenvalue weighted by Gasteiger charge is -2.41. The Kier molecular flexibility index (Phi) is 4.77.